The van der Waals surface area contributed by atoms with E-state index in [0.29, 0.717) is 37.0 Å². The van der Waals surface area contributed by atoms with E-state index in [9.17, 15) is 0 Å². The zero-order valence-corrected chi connectivity index (χ0v) is 10.6. The van der Waals surface area contributed by atoms with Crippen molar-refractivity contribution in [2.75, 3.05) is 20.3 Å². The quantitative estimate of drug-likeness (QED) is 0.830. The van der Waals surface area contributed by atoms with Crippen molar-refractivity contribution in [3.8, 4) is 11.6 Å². The van der Waals surface area contributed by atoms with Crippen molar-refractivity contribution in [1.82, 2.24) is 14.8 Å². The van der Waals surface area contributed by atoms with Gasteiger partial charge in [0.1, 0.15) is 0 Å². The number of methoxy groups -OCH3 is 1. The molecule has 1 N–H and O–H groups in total. The monoisotopic (exact) mass is 251 g/mol. The first kappa shape index (κ1) is 12.8. The van der Waals surface area contributed by atoms with E-state index in [2.05, 4.69) is 10.1 Å². The second kappa shape index (κ2) is 5.79. The summed E-state index contributed by atoms with van der Waals surface area (Å²) in [6.07, 6.45) is 2.26. The Morgan fingerprint density at radius 3 is 2.94 bits per heavy atom. The molecule has 2 rings (SSSR count). The molecule has 0 fully saturated rings. The smallest absolute Gasteiger partial charge is 0.194 e. The van der Waals surface area contributed by atoms with E-state index in [1.54, 1.807) is 18.1 Å². The molecule has 0 atom stereocenters. The molecule has 0 aliphatic heterocycles. The molecule has 0 aliphatic rings. The molecule has 2 aromatic heterocycles. The molecule has 0 unspecified atom stereocenters. The lowest BCUT2D eigenvalue weighted by Gasteiger charge is -2.01. The zero-order valence-electron chi connectivity index (χ0n) is 10.6. The van der Waals surface area contributed by atoms with Crippen molar-refractivity contribution >= 4 is 0 Å². The Bertz CT molecular complexity index is 504. The Labute approximate surface area is 105 Å². The molecule has 98 valence electrons. The van der Waals surface area contributed by atoms with Crippen LogP contribution in [0.3, 0.4) is 0 Å². The molecule has 2 aromatic rings. The predicted molar refractivity (Wildman–Crippen MR) is 65.1 cm³/mol. The SMILES string of the molecule is COCCc1nc(-c2occc2C)n(CCO)n1. The van der Waals surface area contributed by atoms with Gasteiger partial charge < -0.3 is 14.3 Å². The zero-order chi connectivity index (χ0) is 13.0. The summed E-state index contributed by atoms with van der Waals surface area (Å²) >= 11 is 0. The first-order chi connectivity index (χ1) is 8.76. The van der Waals surface area contributed by atoms with Gasteiger partial charge in [-0.15, -0.1) is 0 Å². The number of aromatic nitrogens is 3. The third kappa shape index (κ3) is 2.60. The van der Waals surface area contributed by atoms with Crippen molar-refractivity contribution < 1.29 is 14.3 Å². The number of hydrogen-bond acceptors (Lipinski definition) is 5. The molecule has 0 bridgehead atoms. The first-order valence-electron chi connectivity index (χ1n) is 5.84. The van der Waals surface area contributed by atoms with Crippen molar-refractivity contribution in [3.05, 3.63) is 23.7 Å². The van der Waals surface area contributed by atoms with Crippen LogP contribution in [0.4, 0.5) is 0 Å². The van der Waals surface area contributed by atoms with Crippen molar-refractivity contribution in [3.63, 3.8) is 0 Å². The molecular weight excluding hydrogens is 234 g/mol. The first-order valence-corrected chi connectivity index (χ1v) is 5.84. The summed E-state index contributed by atoms with van der Waals surface area (Å²) < 4.78 is 12.1. The van der Waals surface area contributed by atoms with Gasteiger partial charge in [0, 0.05) is 13.5 Å². The summed E-state index contributed by atoms with van der Waals surface area (Å²) in [6, 6.07) is 1.88. The van der Waals surface area contributed by atoms with Crippen LogP contribution in [-0.2, 0) is 17.7 Å². The highest BCUT2D eigenvalue weighted by molar-refractivity contribution is 5.52. The Morgan fingerprint density at radius 1 is 1.50 bits per heavy atom. The van der Waals surface area contributed by atoms with Gasteiger partial charge >= 0.3 is 0 Å². The van der Waals surface area contributed by atoms with Crippen LogP contribution in [0.15, 0.2) is 16.7 Å². The molecular formula is C12H17N3O3. The van der Waals surface area contributed by atoms with Crippen LogP contribution >= 0.6 is 0 Å². The summed E-state index contributed by atoms with van der Waals surface area (Å²) in [6.45, 7) is 2.93. The fourth-order valence-corrected chi connectivity index (χ4v) is 1.71. The molecule has 0 saturated carbocycles. The van der Waals surface area contributed by atoms with E-state index in [1.807, 2.05) is 13.0 Å². The largest absolute Gasteiger partial charge is 0.461 e. The fraction of sp³-hybridized carbons (Fsp3) is 0.500. The normalized spacial score (nSPS) is 11.1. The minimum Gasteiger partial charge on any atom is -0.461 e. The number of nitrogens with zero attached hydrogens (tertiary/aromatic N) is 3. The van der Waals surface area contributed by atoms with Crippen LogP contribution in [-0.4, -0.2) is 40.2 Å². The summed E-state index contributed by atoms with van der Waals surface area (Å²) in [5, 5.41) is 13.4. The number of aryl methyl sites for hydroxylation is 1. The van der Waals surface area contributed by atoms with Crippen molar-refractivity contribution in [1.29, 1.82) is 0 Å². The third-order valence-electron chi connectivity index (χ3n) is 2.62. The molecule has 0 radical (unpaired) electrons. The molecule has 0 saturated heterocycles. The van der Waals surface area contributed by atoms with Gasteiger partial charge in [0.25, 0.3) is 0 Å². The molecule has 0 spiro atoms. The fourth-order valence-electron chi connectivity index (χ4n) is 1.71. The van der Waals surface area contributed by atoms with E-state index in [1.165, 1.54) is 0 Å². The molecule has 2 heterocycles. The molecule has 0 aliphatic carbocycles. The molecule has 6 nitrogen and oxygen atoms in total. The average molecular weight is 251 g/mol. The van der Waals surface area contributed by atoms with E-state index in [4.69, 9.17) is 14.3 Å². The van der Waals surface area contributed by atoms with Crippen LogP contribution in [0.1, 0.15) is 11.4 Å². The van der Waals surface area contributed by atoms with E-state index < -0.39 is 0 Å². The van der Waals surface area contributed by atoms with Gasteiger partial charge in [-0.1, -0.05) is 0 Å². The second-order valence-electron chi connectivity index (χ2n) is 3.97. The van der Waals surface area contributed by atoms with Gasteiger partial charge in [0.2, 0.25) is 0 Å². The Morgan fingerprint density at radius 2 is 2.33 bits per heavy atom. The van der Waals surface area contributed by atoms with Crippen molar-refractivity contribution in [2.45, 2.75) is 19.9 Å². The summed E-state index contributed by atoms with van der Waals surface area (Å²) in [4.78, 5) is 4.44. The molecule has 0 aromatic carbocycles. The lowest BCUT2D eigenvalue weighted by atomic mass is 10.3. The highest BCUT2D eigenvalue weighted by Gasteiger charge is 2.16. The van der Waals surface area contributed by atoms with Gasteiger partial charge in [0.05, 0.1) is 26.0 Å². The Hall–Kier alpha value is -1.66. The number of aliphatic hydroxyl groups excluding tert-OH is 1. The predicted octanol–water partition coefficient (Wildman–Crippen LogP) is 1.03. The van der Waals surface area contributed by atoms with E-state index >= 15 is 0 Å². The summed E-state index contributed by atoms with van der Waals surface area (Å²) in [7, 11) is 1.64. The Balaban J connectivity index is 2.32. The van der Waals surface area contributed by atoms with Gasteiger partial charge in [-0.05, 0) is 18.6 Å². The number of hydrogen-bond donors (Lipinski definition) is 1. The van der Waals surface area contributed by atoms with Crippen LogP contribution in [0.5, 0.6) is 0 Å². The van der Waals surface area contributed by atoms with Crippen LogP contribution in [0.25, 0.3) is 11.6 Å². The molecule has 6 heteroatoms. The standard InChI is InChI=1S/C12H17N3O3/c1-9-3-8-18-11(9)12-13-10(4-7-17-2)14-15(12)5-6-16/h3,8,16H,4-7H2,1-2H3. The lowest BCUT2D eigenvalue weighted by molar-refractivity contribution is 0.200. The maximum absolute atomic E-state index is 9.05. The summed E-state index contributed by atoms with van der Waals surface area (Å²) in [5.74, 6) is 2.04. The molecule has 18 heavy (non-hydrogen) atoms. The van der Waals surface area contributed by atoms with Crippen molar-refractivity contribution in [2.24, 2.45) is 0 Å². The highest BCUT2D eigenvalue weighted by Crippen LogP contribution is 2.22. The molecule has 0 amide bonds. The second-order valence-corrected chi connectivity index (χ2v) is 3.97. The van der Waals surface area contributed by atoms with E-state index in [0.717, 1.165) is 5.56 Å². The number of furan rings is 1. The van der Waals surface area contributed by atoms with Gasteiger partial charge in [0.15, 0.2) is 17.4 Å². The maximum atomic E-state index is 9.05. The van der Waals surface area contributed by atoms with Gasteiger partial charge in [-0.25, -0.2) is 9.67 Å². The minimum absolute atomic E-state index is 0.0137. The van der Waals surface area contributed by atoms with Crippen LogP contribution < -0.4 is 0 Å². The lowest BCUT2D eigenvalue weighted by Crippen LogP contribution is -2.06. The maximum Gasteiger partial charge on any atom is 0.194 e. The number of ether oxygens (including phenoxy) is 1. The van der Waals surface area contributed by atoms with Crippen LogP contribution in [0, 0.1) is 6.92 Å². The Kier molecular flexibility index (Phi) is 4.11. The van der Waals surface area contributed by atoms with E-state index in [-0.39, 0.29) is 6.61 Å². The van der Waals surface area contributed by atoms with Crippen LogP contribution in [0.2, 0.25) is 0 Å². The summed E-state index contributed by atoms with van der Waals surface area (Å²) in [5.41, 5.74) is 1.000. The third-order valence-corrected chi connectivity index (χ3v) is 2.62. The highest BCUT2D eigenvalue weighted by atomic mass is 16.5. The average Bonchev–Trinajstić information content (AvgIpc) is 2.93. The van der Waals surface area contributed by atoms with Gasteiger partial charge in [-0.3, -0.25) is 0 Å². The number of rotatable bonds is 6. The van der Waals surface area contributed by atoms with Gasteiger partial charge in [-0.2, -0.15) is 5.10 Å². The number of aliphatic hydroxyl groups is 1. The minimum atomic E-state index is 0.0137. The topological polar surface area (TPSA) is 73.3 Å².